The van der Waals surface area contributed by atoms with Crippen molar-refractivity contribution < 1.29 is 9.59 Å². The Labute approximate surface area is 168 Å². The van der Waals surface area contributed by atoms with Crippen molar-refractivity contribution in [3.8, 4) is 5.69 Å². The van der Waals surface area contributed by atoms with Crippen molar-refractivity contribution in [1.29, 1.82) is 0 Å². The van der Waals surface area contributed by atoms with Crippen molar-refractivity contribution in [2.75, 3.05) is 19.6 Å². The molecule has 7 heteroatoms. The molecule has 1 aromatic heterocycles. The van der Waals surface area contributed by atoms with E-state index in [0.29, 0.717) is 18.5 Å². The number of carbonyl (C=O) groups is 2. The first-order valence-corrected chi connectivity index (χ1v) is 10.1. The van der Waals surface area contributed by atoms with E-state index in [-0.39, 0.29) is 11.8 Å². The number of amides is 2. The van der Waals surface area contributed by atoms with Gasteiger partial charge in [0.05, 0.1) is 21.5 Å². The van der Waals surface area contributed by atoms with Crippen LogP contribution in [0.5, 0.6) is 0 Å². The van der Waals surface area contributed by atoms with Crippen LogP contribution < -0.4 is 5.32 Å². The van der Waals surface area contributed by atoms with Gasteiger partial charge in [0.1, 0.15) is 0 Å². The van der Waals surface area contributed by atoms with Crippen LogP contribution in [0.1, 0.15) is 47.4 Å². The van der Waals surface area contributed by atoms with Gasteiger partial charge in [-0.1, -0.05) is 0 Å². The molecule has 0 saturated carbocycles. The quantitative estimate of drug-likeness (QED) is 0.786. The number of likely N-dealkylation sites (tertiary alicyclic amines) is 1. The number of nitrogens with one attached hydrogen (secondary N) is 1. The molecule has 3 rings (SSSR count). The minimum atomic E-state index is -0.164. The SMILES string of the molecule is Cc1nn(-c2ccc(C(=O)NCCC(=O)N3CCCCC3)cc2)c(C)c1Br. The van der Waals surface area contributed by atoms with E-state index in [4.69, 9.17) is 0 Å². The molecule has 0 unspecified atom stereocenters. The number of hydrogen-bond donors (Lipinski definition) is 1. The second-order valence-corrected chi connectivity index (χ2v) is 7.68. The molecule has 1 aliphatic rings. The maximum atomic E-state index is 12.3. The molecule has 1 aliphatic heterocycles. The summed E-state index contributed by atoms with van der Waals surface area (Å²) in [6.07, 6.45) is 3.71. The fraction of sp³-hybridized carbons (Fsp3) is 0.450. The third kappa shape index (κ3) is 4.58. The van der Waals surface area contributed by atoms with Crippen LogP contribution in [0.15, 0.2) is 28.7 Å². The van der Waals surface area contributed by atoms with E-state index >= 15 is 0 Å². The first kappa shape index (κ1) is 19.6. The van der Waals surface area contributed by atoms with Gasteiger partial charge >= 0.3 is 0 Å². The molecule has 27 heavy (non-hydrogen) atoms. The Bertz CT molecular complexity index is 823. The minimum Gasteiger partial charge on any atom is -0.352 e. The van der Waals surface area contributed by atoms with E-state index in [1.165, 1.54) is 6.42 Å². The predicted molar refractivity (Wildman–Crippen MR) is 108 cm³/mol. The largest absolute Gasteiger partial charge is 0.352 e. The fourth-order valence-electron chi connectivity index (χ4n) is 3.32. The Morgan fingerprint density at radius 2 is 1.78 bits per heavy atom. The van der Waals surface area contributed by atoms with Crippen LogP contribution in [0.2, 0.25) is 0 Å². The van der Waals surface area contributed by atoms with Gasteiger partial charge in [-0.2, -0.15) is 5.10 Å². The van der Waals surface area contributed by atoms with Crippen LogP contribution in [0.25, 0.3) is 5.69 Å². The van der Waals surface area contributed by atoms with E-state index < -0.39 is 0 Å². The van der Waals surface area contributed by atoms with Crippen LogP contribution in [-0.2, 0) is 4.79 Å². The van der Waals surface area contributed by atoms with Gasteiger partial charge in [-0.25, -0.2) is 4.68 Å². The van der Waals surface area contributed by atoms with Crippen molar-refractivity contribution in [1.82, 2.24) is 20.0 Å². The second-order valence-electron chi connectivity index (χ2n) is 6.89. The van der Waals surface area contributed by atoms with Crippen molar-refractivity contribution in [2.24, 2.45) is 0 Å². The molecule has 0 atom stereocenters. The highest BCUT2D eigenvalue weighted by molar-refractivity contribution is 9.10. The summed E-state index contributed by atoms with van der Waals surface area (Å²) in [5.74, 6) is -0.0389. The Morgan fingerprint density at radius 3 is 2.37 bits per heavy atom. The highest BCUT2D eigenvalue weighted by atomic mass is 79.9. The maximum Gasteiger partial charge on any atom is 0.251 e. The zero-order valence-electron chi connectivity index (χ0n) is 15.8. The summed E-state index contributed by atoms with van der Waals surface area (Å²) in [4.78, 5) is 26.3. The predicted octanol–water partition coefficient (Wildman–Crippen LogP) is 3.38. The number of benzene rings is 1. The molecule has 6 nitrogen and oxygen atoms in total. The van der Waals surface area contributed by atoms with Crippen molar-refractivity contribution in [2.45, 2.75) is 39.5 Å². The lowest BCUT2D eigenvalue weighted by Gasteiger charge is -2.26. The Morgan fingerprint density at radius 1 is 1.11 bits per heavy atom. The summed E-state index contributed by atoms with van der Waals surface area (Å²) < 4.78 is 2.83. The number of aryl methyl sites for hydroxylation is 1. The standard InChI is InChI=1S/C20H25BrN4O2/c1-14-19(21)15(2)25(23-14)17-8-6-16(7-9-17)20(27)22-11-10-18(26)24-12-4-3-5-13-24/h6-9H,3-5,10-13H2,1-2H3,(H,22,27). The molecule has 2 aromatic rings. The lowest BCUT2D eigenvalue weighted by molar-refractivity contribution is -0.131. The Hall–Kier alpha value is -2.15. The van der Waals surface area contributed by atoms with Gasteiger partial charge in [0.2, 0.25) is 5.91 Å². The summed E-state index contributed by atoms with van der Waals surface area (Å²) in [6, 6.07) is 7.31. The number of hydrogen-bond acceptors (Lipinski definition) is 3. The first-order valence-electron chi connectivity index (χ1n) is 9.35. The molecule has 0 aliphatic carbocycles. The van der Waals surface area contributed by atoms with Gasteiger partial charge in [-0.05, 0) is 73.3 Å². The Kier molecular flexibility index (Phi) is 6.31. The van der Waals surface area contributed by atoms with Crippen molar-refractivity contribution >= 4 is 27.7 Å². The summed E-state index contributed by atoms with van der Waals surface area (Å²) in [6.45, 7) is 5.98. The van der Waals surface area contributed by atoms with E-state index in [1.54, 1.807) is 12.1 Å². The molecule has 2 heterocycles. The molecule has 1 saturated heterocycles. The number of carbonyl (C=O) groups excluding carboxylic acids is 2. The van der Waals surface area contributed by atoms with Crippen LogP contribution >= 0.6 is 15.9 Å². The normalized spacial score (nSPS) is 14.3. The van der Waals surface area contributed by atoms with Crippen LogP contribution in [0, 0.1) is 13.8 Å². The van der Waals surface area contributed by atoms with Gasteiger partial charge < -0.3 is 10.2 Å². The molecular formula is C20H25BrN4O2. The maximum absolute atomic E-state index is 12.3. The van der Waals surface area contributed by atoms with Crippen LogP contribution in [0.3, 0.4) is 0 Å². The van der Waals surface area contributed by atoms with Gasteiger partial charge in [0, 0.05) is 31.6 Å². The highest BCUT2D eigenvalue weighted by Crippen LogP contribution is 2.23. The van der Waals surface area contributed by atoms with Crippen molar-refractivity contribution in [3.05, 3.63) is 45.7 Å². The van der Waals surface area contributed by atoms with Gasteiger partial charge in [-0.15, -0.1) is 0 Å². The van der Waals surface area contributed by atoms with E-state index in [9.17, 15) is 9.59 Å². The monoisotopic (exact) mass is 432 g/mol. The lowest BCUT2D eigenvalue weighted by atomic mass is 10.1. The molecule has 1 N–H and O–H groups in total. The van der Waals surface area contributed by atoms with E-state index in [1.807, 2.05) is 35.6 Å². The topological polar surface area (TPSA) is 67.2 Å². The fourth-order valence-corrected chi connectivity index (χ4v) is 3.56. The average molecular weight is 433 g/mol. The molecule has 0 bridgehead atoms. The number of nitrogens with zero attached hydrogens (tertiary/aromatic N) is 3. The zero-order chi connectivity index (χ0) is 19.4. The summed E-state index contributed by atoms with van der Waals surface area (Å²) in [5, 5.41) is 7.33. The number of aromatic nitrogens is 2. The molecule has 1 aromatic carbocycles. The smallest absolute Gasteiger partial charge is 0.251 e. The Balaban J connectivity index is 1.54. The van der Waals surface area contributed by atoms with Gasteiger partial charge in [0.25, 0.3) is 5.91 Å². The number of piperidine rings is 1. The number of rotatable bonds is 5. The summed E-state index contributed by atoms with van der Waals surface area (Å²) in [7, 11) is 0. The van der Waals surface area contributed by atoms with Gasteiger partial charge in [0.15, 0.2) is 0 Å². The van der Waals surface area contributed by atoms with Gasteiger partial charge in [-0.3, -0.25) is 9.59 Å². The summed E-state index contributed by atoms with van der Waals surface area (Å²) >= 11 is 3.53. The minimum absolute atomic E-state index is 0.125. The van der Waals surface area contributed by atoms with E-state index in [0.717, 1.165) is 47.5 Å². The first-order chi connectivity index (χ1) is 13.0. The van der Waals surface area contributed by atoms with Crippen LogP contribution in [-0.4, -0.2) is 46.1 Å². The highest BCUT2D eigenvalue weighted by Gasteiger charge is 2.16. The molecule has 2 amide bonds. The molecular weight excluding hydrogens is 408 g/mol. The third-order valence-corrected chi connectivity index (χ3v) is 6.06. The summed E-state index contributed by atoms with van der Waals surface area (Å²) in [5.41, 5.74) is 3.41. The van der Waals surface area contributed by atoms with Crippen molar-refractivity contribution in [3.63, 3.8) is 0 Å². The average Bonchev–Trinajstić information content (AvgIpc) is 2.96. The van der Waals surface area contributed by atoms with Crippen LogP contribution in [0.4, 0.5) is 0 Å². The molecule has 0 spiro atoms. The third-order valence-electron chi connectivity index (χ3n) is 4.91. The van der Waals surface area contributed by atoms with E-state index in [2.05, 4.69) is 26.3 Å². The number of halogens is 1. The molecule has 1 fully saturated rings. The zero-order valence-corrected chi connectivity index (χ0v) is 17.4. The molecule has 144 valence electrons. The second kappa shape index (κ2) is 8.69. The lowest BCUT2D eigenvalue weighted by Crippen LogP contribution is -2.37. The molecule has 0 radical (unpaired) electrons.